The van der Waals surface area contributed by atoms with Gasteiger partial charge in [0.05, 0.1) is 16.7 Å². The van der Waals surface area contributed by atoms with Crippen molar-refractivity contribution >= 4 is 17.5 Å². The van der Waals surface area contributed by atoms with Crippen molar-refractivity contribution in [2.75, 3.05) is 5.73 Å². The van der Waals surface area contributed by atoms with Gasteiger partial charge in [-0.2, -0.15) is 0 Å². The number of nitrogen functional groups attached to an aromatic ring is 1. The predicted molar refractivity (Wildman–Crippen MR) is 85.4 cm³/mol. The molecular formula is C19H14N2. The summed E-state index contributed by atoms with van der Waals surface area (Å²) in [6.07, 6.45) is 2.18. The van der Waals surface area contributed by atoms with Gasteiger partial charge in [-0.3, -0.25) is 0 Å². The summed E-state index contributed by atoms with van der Waals surface area (Å²) in [6, 6.07) is 22.5. The van der Waals surface area contributed by atoms with Gasteiger partial charge in [0, 0.05) is 10.4 Å². The zero-order chi connectivity index (χ0) is 14.2. The summed E-state index contributed by atoms with van der Waals surface area (Å²) < 4.78 is 0. The third-order valence-corrected chi connectivity index (χ3v) is 3.77. The first-order chi connectivity index (χ1) is 10.3. The minimum absolute atomic E-state index is 0.728. The predicted octanol–water partition coefficient (Wildman–Crippen LogP) is 2.65. The van der Waals surface area contributed by atoms with Gasteiger partial charge in [0.2, 0.25) is 0 Å². The monoisotopic (exact) mass is 270 g/mol. The van der Waals surface area contributed by atoms with Crippen molar-refractivity contribution in [3.63, 3.8) is 0 Å². The summed E-state index contributed by atoms with van der Waals surface area (Å²) in [5.74, 6) is 0. The van der Waals surface area contributed by atoms with E-state index in [4.69, 9.17) is 5.73 Å². The van der Waals surface area contributed by atoms with E-state index >= 15 is 0 Å². The summed E-state index contributed by atoms with van der Waals surface area (Å²) in [5.41, 5.74) is 8.90. The Morgan fingerprint density at radius 2 is 1.57 bits per heavy atom. The molecule has 3 aromatic carbocycles. The number of rotatable bonds is 1. The number of hydrogen-bond acceptors (Lipinski definition) is 2. The van der Waals surface area contributed by atoms with Crippen LogP contribution in [-0.4, -0.2) is 0 Å². The van der Waals surface area contributed by atoms with Crippen LogP contribution in [0.15, 0.2) is 71.7 Å². The Kier molecular flexibility index (Phi) is 2.61. The first-order valence-corrected chi connectivity index (χ1v) is 6.96. The van der Waals surface area contributed by atoms with Gasteiger partial charge < -0.3 is 5.73 Å². The molecule has 0 fully saturated rings. The molecule has 0 atom stereocenters. The van der Waals surface area contributed by atoms with Gasteiger partial charge in [-0.15, -0.1) is 0 Å². The number of benzene rings is 3. The van der Waals surface area contributed by atoms with E-state index in [9.17, 15) is 0 Å². The molecule has 0 unspecified atom stereocenters. The van der Waals surface area contributed by atoms with E-state index in [-0.39, 0.29) is 0 Å². The van der Waals surface area contributed by atoms with Crippen LogP contribution in [0.4, 0.5) is 11.4 Å². The second-order valence-electron chi connectivity index (χ2n) is 5.15. The first-order valence-electron chi connectivity index (χ1n) is 6.96. The van der Waals surface area contributed by atoms with Crippen molar-refractivity contribution in [1.29, 1.82) is 0 Å². The van der Waals surface area contributed by atoms with Crippen LogP contribution in [0.5, 0.6) is 0 Å². The number of nitrogens with two attached hydrogens (primary N) is 1. The molecule has 100 valence electrons. The molecule has 0 aromatic heterocycles. The van der Waals surface area contributed by atoms with Gasteiger partial charge in [-0.25, -0.2) is 4.99 Å². The van der Waals surface area contributed by atoms with Gasteiger partial charge in [0.1, 0.15) is 0 Å². The molecule has 2 heteroatoms. The van der Waals surface area contributed by atoms with Crippen LogP contribution >= 0.6 is 0 Å². The molecule has 21 heavy (non-hydrogen) atoms. The van der Waals surface area contributed by atoms with Crippen molar-refractivity contribution in [2.45, 2.75) is 0 Å². The van der Waals surface area contributed by atoms with E-state index in [1.165, 1.54) is 5.56 Å². The zero-order valence-corrected chi connectivity index (χ0v) is 11.5. The summed E-state index contributed by atoms with van der Waals surface area (Å²) in [6.45, 7) is 0. The standard InChI is InChI=1S/C19H14N2/c20-16-11-10-14(12-13-6-2-1-3-7-13)18-15-8-4-5-9-17(15)21-19(16)18/h1-12H,20H2. The Balaban J connectivity index is 2.18. The number of nitrogens with zero attached hydrogens (tertiary/aromatic N) is 1. The topological polar surface area (TPSA) is 38.4 Å². The molecule has 2 N–H and O–H groups in total. The van der Waals surface area contributed by atoms with Crippen molar-refractivity contribution < 1.29 is 0 Å². The molecule has 0 saturated heterocycles. The highest BCUT2D eigenvalue weighted by atomic mass is 14.8. The smallest absolute Gasteiger partial charge is 0.0951 e. The molecule has 1 aliphatic heterocycles. The average Bonchev–Trinajstić information content (AvgIpc) is 2.92. The fourth-order valence-corrected chi connectivity index (χ4v) is 2.78. The van der Waals surface area contributed by atoms with Crippen LogP contribution in [0.2, 0.25) is 0 Å². The minimum atomic E-state index is 0.728. The van der Waals surface area contributed by atoms with Crippen LogP contribution in [0.25, 0.3) is 6.08 Å². The second kappa shape index (κ2) is 4.60. The molecule has 1 heterocycles. The van der Waals surface area contributed by atoms with E-state index in [1.54, 1.807) is 0 Å². The summed E-state index contributed by atoms with van der Waals surface area (Å²) >= 11 is 0. The molecule has 0 saturated carbocycles. The molecule has 0 aliphatic carbocycles. The van der Waals surface area contributed by atoms with Gasteiger partial charge in [-0.05, 0) is 29.0 Å². The van der Waals surface area contributed by atoms with Gasteiger partial charge in [0.25, 0.3) is 0 Å². The number of fused-ring (bicyclic) bond motifs is 2. The Morgan fingerprint density at radius 1 is 0.810 bits per heavy atom. The molecular weight excluding hydrogens is 256 g/mol. The second-order valence-corrected chi connectivity index (χ2v) is 5.15. The third-order valence-electron chi connectivity index (χ3n) is 3.77. The highest BCUT2D eigenvalue weighted by Gasteiger charge is 2.08. The molecule has 1 aliphatic rings. The summed E-state index contributed by atoms with van der Waals surface area (Å²) in [5, 5.41) is 4.43. The highest BCUT2D eigenvalue weighted by Crippen LogP contribution is 2.23. The van der Waals surface area contributed by atoms with Gasteiger partial charge >= 0.3 is 0 Å². The lowest BCUT2D eigenvalue weighted by Crippen LogP contribution is -2.06. The van der Waals surface area contributed by atoms with Crippen LogP contribution in [0.1, 0.15) is 5.56 Å². The van der Waals surface area contributed by atoms with Crippen molar-refractivity contribution in [3.05, 3.63) is 93.3 Å². The maximum atomic E-state index is 6.11. The Hall–Kier alpha value is -2.87. The highest BCUT2D eigenvalue weighted by molar-refractivity contribution is 5.66. The fraction of sp³-hybridized carbons (Fsp3) is 0. The summed E-state index contributed by atoms with van der Waals surface area (Å²) in [7, 11) is 0. The maximum absolute atomic E-state index is 6.11. The third kappa shape index (κ3) is 1.93. The quantitative estimate of drug-likeness (QED) is 0.531. The van der Waals surface area contributed by atoms with Crippen LogP contribution in [0, 0.1) is 10.4 Å². The van der Waals surface area contributed by atoms with E-state index in [0.717, 1.165) is 32.4 Å². The van der Waals surface area contributed by atoms with Crippen LogP contribution < -0.4 is 16.3 Å². The molecule has 0 spiro atoms. The van der Waals surface area contributed by atoms with Crippen molar-refractivity contribution in [1.82, 2.24) is 0 Å². The largest absolute Gasteiger partial charge is 0.397 e. The van der Waals surface area contributed by atoms with E-state index < -0.39 is 0 Å². The molecule has 0 radical (unpaired) electrons. The minimum Gasteiger partial charge on any atom is -0.397 e. The molecule has 2 nitrogen and oxygen atoms in total. The Labute approximate surface area is 122 Å². The number of hydrogen-bond donors (Lipinski definition) is 1. The van der Waals surface area contributed by atoms with Crippen molar-refractivity contribution in [2.24, 2.45) is 4.99 Å². The van der Waals surface area contributed by atoms with Crippen molar-refractivity contribution in [3.8, 4) is 0 Å². The van der Waals surface area contributed by atoms with Crippen LogP contribution in [-0.2, 0) is 0 Å². The Morgan fingerprint density at radius 3 is 2.43 bits per heavy atom. The van der Waals surface area contributed by atoms with E-state index in [0.29, 0.717) is 0 Å². The fourth-order valence-electron chi connectivity index (χ4n) is 2.78. The molecule has 3 aromatic rings. The lowest BCUT2D eigenvalue weighted by Gasteiger charge is -1.99. The zero-order valence-electron chi connectivity index (χ0n) is 11.5. The molecule has 4 rings (SSSR count). The lowest BCUT2D eigenvalue weighted by atomic mass is 10.1. The molecule has 0 amide bonds. The number of anilines is 1. The van der Waals surface area contributed by atoms with E-state index in [2.05, 4.69) is 35.3 Å². The number of para-hydroxylation sites is 1. The van der Waals surface area contributed by atoms with Crippen LogP contribution in [0.3, 0.4) is 0 Å². The van der Waals surface area contributed by atoms with E-state index in [1.807, 2.05) is 42.5 Å². The Bertz CT molecular complexity index is 1040. The SMILES string of the molecule is Nc1ccc(=Cc2ccccc2)c2c1N=c1ccccc1=2. The summed E-state index contributed by atoms with van der Waals surface area (Å²) in [4.78, 5) is 4.67. The first kappa shape index (κ1) is 11.9. The maximum Gasteiger partial charge on any atom is 0.0951 e. The lowest BCUT2D eigenvalue weighted by molar-refractivity contribution is 1.37. The van der Waals surface area contributed by atoms with Gasteiger partial charge in [0.15, 0.2) is 0 Å². The normalized spacial score (nSPS) is 12.7. The van der Waals surface area contributed by atoms with Gasteiger partial charge in [-0.1, -0.05) is 54.6 Å². The average molecular weight is 270 g/mol. The molecule has 0 bridgehead atoms.